The van der Waals surface area contributed by atoms with E-state index in [0.717, 1.165) is 41.4 Å². The van der Waals surface area contributed by atoms with Crippen molar-refractivity contribution in [2.24, 2.45) is 11.3 Å². The average molecular weight is 386 g/mol. The van der Waals surface area contributed by atoms with Crippen molar-refractivity contribution in [1.29, 1.82) is 0 Å². The van der Waals surface area contributed by atoms with Gasteiger partial charge in [0.25, 0.3) is 5.91 Å². The Morgan fingerprint density at radius 1 is 1.00 bits per heavy atom. The molecule has 1 saturated carbocycles. The number of hydrogen-bond donors (Lipinski definition) is 1. The molecule has 1 spiro atoms. The van der Waals surface area contributed by atoms with Crippen molar-refractivity contribution < 1.29 is 14.7 Å². The molecule has 2 aromatic carbocycles. The van der Waals surface area contributed by atoms with Crippen molar-refractivity contribution in [3.8, 4) is 11.3 Å². The van der Waals surface area contributed by atoms with E-state index in [4.69, 9.17) is 4.98 Å². The van der Waals surface area contributed by atoms with Gasteiger partial charge in [-0.15, -0.1) is 0 Å². The van der Waals surface area contributed by atoms with E-state index in [2.05, 4.69) is 0 Å². The number of likely N-dealkylation sites (tertiary alicyclic amines) is 1. The van der Waals surface area contributed by atoms with Gasteiger partial charge in [0.15, 0.2) is 0 Å². The second-order valence-electron chi connectivity index (χ2n) is 8.19. The van der Waals surface area contributed by atoms with Gasteiger partial charge in [-0.2, -0.15) is 0 Å². The van der Waals surface area contributed by atoms with Gasteiger partial charge in [-0.25, -0.2) is 4.98 Å². The van der Waals surface area contributed by atoms with Crippen LogP contribution >= 0.6 is 0 Å². The van der Waals surface area contributed by atoms with Crippen molar-refractivity contribution in [3.05, 3.63) is 66.2 Å². The number of aromatic nitrogens is 1. The van der Waals surface area contributed by atoms with Gasteiger partial charge in [-0.05, 0) is 36.8 Å². The van der Waals surface area contributed by atoms with Crippen LogP contribution in [0.25, 0.3) is 22.2 Å². The molecular weight excluding hydrogens is 364 g/mol. The molecule has 5 rings (SSSR count). The lowest BCUT2D eigenvalue weighted by Gasteiger charge is -2.33. The predicted octanol–water partition coefficient (Wildman–Crippen LogP) is 4.23. The number of hydrogen-bond acceptors (Lipinski definition) is 3. The zero-order valence-corrected chi connectivity index (χ0v) is 16.0. The second-order valence-corrected chi connectivity index (χ2v) is 8.19. The lowest BCUT2D eigenvalue weighted by molar-refractivity contribution is -0.139. The SMILES string of the molecule is O=C(O)C1CC12CCN(C(=O)c1cc(-c3ccccc3)nc3ccccc13)CC2. The Balaban J connectivity index is 1.47. The molecule has 0 bridgehead atoms. The minimum atomic E-state index is -0.697. The number of carbonyl (C=O) groups is 2. The number of carbonyl (C=O) groups excluding carboxylic acids is 1. The molecule has 1 aliphatic heterocycles. The van der Waals surface area contributed by atoms with Gasteiger partial charge in [0.05, 0.1) is 22.7 Å². The Hall–Kier alpha value is -3.21. The maximum atomic E-state index is 13.4. The largest absolute Gasteiger partial charge is 0.481 e. The molecule has 1 amide bonds. The first kappa shape index (κ1) is 17.9. The summed E-state index contributed by atoms with van der Waals surface area (Å²) in [6, 6.07) is 19.5. The first-order valence-electron chi connectivity index (χ1n) is 10.0. The third-order valence-electron chi connectivity index (χ3n) is 6.55. The summed E-state index contributed by atoms with van der Waals surface area (Å²) in [4.78, 5) is 31.4. The van der Waals surface area contributed by atoms with Crippen molar-refractivity contribution in [2.45, 2.75) is 19.3 Å². The number of benzene rings is 2. The van der Waals surface area contributed by atoms with E-state index < -0.39 is 5.97 Å². The molecule has 1 unspecified atom stereocenters. The van der Waals surface area contributed by atoms with E-state index in [1.54, 1.807) is 0 Å². The van der Waals surface area contributed by atoms with Crippen LogP contribution < -0.4 is 0 Å². The maximum Gasteiger partial charge on any atom is 0.307 e. The van der Waals surface area contributed by atoms with Crippen LogP contribution in [0.1, 0.15) is 29.6 Å². The Labute approximate surface area is 169 Å². The Morgan fingerprint density at radius 3 is 2.38 bits per heavy atom. The minimum absolute atomic E-state index is 0.00292. The molecule has 1 aliphatic carbocycles. The van der Waals surface area contributed by atoms with Crippen molar-refractivity contribution in [3.63, 3.8) is 0 Å². The van der Waals surface area contributed by atoms with Crippen LogP contribution in [-0.4, -0.2) is 40.0 Å². The first-order chi connectivity index (χ1) is 14.1. The molecule has 146 valence electrons. The molecule has 1 N–H and O–H groups in total. The molecule has 29 heavy (non-hydrogen) atoms. The lowest BCUT2D eigenvalue weighted by atomic mass is 9.90. The highest BCUT2D eigenvalue weighted by Crippen LogP contribution is 2.59. The standard InChI is InChI=1S/C24H22N2O3/c27-22(26-12-10-24(11-13-26)15-19(24)23(28)29)18-14-21(16-6-2-1-3-7-16)25-20-9-5-4-8-17(18)20/h1-9,14,19H,10-13,15H2,(H,28,29). The smallest absolute Gasteiger partial charge is 0.307 e. The molecule has 1 atom stereocenters. The molecule has 2 fully saturated rings. The van der Waals surface area contributed by atoms with E-state index in [0.29, 0.717) is 18.7 Å². The Kier molecular flexibility index (Phi) is 4.12. The highest BCUT2D eigenvalue weighted by Gasteiger charge is 2.59. The number of pyridine rings is 1. The summed E-state index contributed by atoms with van der Waals surface area (Å²) < 4.78 is 0. The number of para-hydroxylation sites is 1. The summed E-state index contributed by atoms with van der Waals surface area (Å²) in [7, 11) is 0. The normalized spacial score (nSPS) is 20.0. The van der Waals surface area contributed by atoms with Gasteiger partial charge < -0.3 is 10.0 Å². The van der Waals surface area contributed by atoms with E-state index in [1.165, 1.54) is 0 Å². The highest BCUT2D eigenvalue weighted by atomic mass is 16.4. The van der Waals surface area contributed by atoms with Crippen LogP contribution in [0.15, 0.2) is 60.7 Å². The molecule has 3 aromatic rings. The first-order valence-corrected chi connectivity index (χ1v) is 10.0. The van der Waals surface area contributed by atoms with Crippen LogP contribution in [0.5, 0.6) is 0 Å². The van der Waals surface area contributed by atoms with Crippen LogP contribution in [-0.2, 0) is 4.79 Å². The lowest BCUT2D eigenvalue weighted by Crippen LogP contribution is -2.40. The number of fused-ring (bicyclic) bond motifs is 1. The topological polar surface area (TPSA) is 70.5 Å². The Morgan fingerprint density at radius 2 is 1.69 bits per heavy atom. The summed E-state index contributed by atoms with van der Waals surface area (Å²) in [5, 5.41) is 10.1. The minimum Gasteiger partial charge on any atom is -0.481 e. The molecular formula is C24H22N2O3. The van der Waals surface area contributed by atoms with Gasteiger partial charge in [-0.3, -0.25) is 9.59 Å². The van der Waals surface area contributed by atoms with Gasteiger partial charge in [-0.1, -0.05) is 48.5 Å². The van der Waals surface area contributed by atoms with E-state index in [1.807, 2.05) is 65.6 Å². The number of nitrogens with zero attached hydrogens (tertiary/aromatic N) is 2. The zero-order chi connectivity index (χ0) is 20.0. The number of amides is 1. The number of carboxylic acid groups (broad SMARTS) is 1. The van der Waals surface area contributed by atoms with Crippen molar-refractivity contribution in [1.82, 2.24) is 9.88 Å². The van der Waals surface area contributed by atoms with Crippen LogP contribution in [0.4, 0.5) is 0 Å². The van der Waals surface area contributed by atoms with Crippen LogP contribution in [0.3, 0.4) is 0 Å². The number of carboxylic acids is 1. The molecule has 5 nitrogen and oxygen atoms in total. The predicted molar refractivity (Wildman–Crippen MR) is 110 cm³/mol. The monoisotopic (exact) mass is 386 g/mol. The van der Waals surface area contributed by atoms with Crippen LogP contribution in [0, 0.1) is 11.3 Å². The second kappa shape index (κ2) is 6.69. The number of piperidine rings is 1. The van der Waals surface area contributed by atoms with Gasteiger partial charge >= 0.3 is 5.97 Å². The third kappa shape index (κ3) is 3.07. The van der Waals surface area contributed by atoms with E-state index in [-0.39, 0.29) is 17.2 Å². The zero-order valence-electron chi connectivity index (χ0n) is 16.0. The average Bonchev–Trinajstić information content (AvgIpc) is 3.47. The van der Waals surface area contributed by atoms with Gasteiger partial charge in [0, 0.05) is 24.0 Å². The summed E-state index contributed by atoms with van der Waals surface area (Å²) in [6.07, 6.45) is 2.29. The molecule has 2 heterocycles. The third-order valence-corrected chi connectivity index (χ3v) is 6.55. The van der Waals surface area contributed by atoms with Crippen molar-refractivity contribution in [2.75, 3.05) is 13.1 Å². The Bertz CT molecular complexity index is 1100. The number of aliphatic carboxylic acids is 1. The molecule has 5 heteroatoms. The van der Waals surface area contributed by atoms with Crippen molar-refractivity contribution >= 4 is 22.8 Å². The van der Waals surface area contributed by atoms with E-state index >= 15 is 0 Å². The molecule has 2 aliphatic rings. The quantitative estimate of drug-likeness (QED) is 0.731. The molecule has 1 aromatic heterocycles. The fourth-order valence-electron chi connectivity index (χ4n) is 4.68. The number of rotatable bonds is 3. The summed E-state index contributed by atoms with van der Waals surface area (Å²) in [5.74, 6) is -0.924. The maximum absolute atomic E-state index is 13.4. The van der Waals surface area contributed by atoms with Crippen LogP contribution in [0.2, 0.25) is 0 Å². The summed E-state index contributed by atoms with van der Waals surface area (Å²) in [5.41, 5.74) is 3.15. The fourth-order valence-corrected chi connectivity index (χ4v) is 4.68. The van der Waals surface area contributed by atoms with Gasteiger partial charge in [0.2, 0.25) is 0 Å². The van der Waals surface area contributed by atoms with E-state index in [9.17, 15) is 14.7 Å². The highest BCUT2D eigenvalue weighted by molar-refractivity contribution is 6.07. The van der Waals surface area contributed by atoms with Gasteiger partial charge in [0.1, 0.15) is 0 Å². The molecule has 0 radical (unpaired) electrons. The fraction of sp³-hybridized carbons (Fsp3) is 0.292. The summed E-state index contributed by atoms with van der Waals surface area (Å²) in [6.45, 7) is 1.22. The summed E-state index contributed by atoms with van der Waals surface area (Å²) >= 11 is 0. The molecule has 1 saturated heterocycles.